The van der Waals surface area contributed by atoms with Crippen LogP contribution in [0.5, 0.6) is 0 Å². The maximum absolute atomic E-state index is 13.2. The van der Waals surface area contributed by atoms with Gasteiger partial charge in [0.15, 0.2) is 5.96 Å². The molecule has 178 valence electrons. The van der Waals surface area contributed by atoms with Crippen LogP contribution in [-0.4, -0.2) is 25.6 Å². The SMILES string of the molecule is CNC1(C)NC(=NC2CCC(CNCc3ccccc3C(F)(F)F)CC2)Nc2ccccc21. The summed E-state index contributed by atoms with van der Waals surface area (Å²) in [5.74, 6) is 1.23. The number of alkyl halides is 3. The third-order valence-electron chi connectivity index (χ3n) is 6.79. The third-order valence-corrected chi connectivity index (χ3v) is 6.79. The Bertz CT molecular complexity index is 982. The first-order valence-electron chi connectivity index (χ1n) is 11.6. The Morgan fingerprint density at radius 3 is 2.45 bits per heavy atom. The smallest absolute Gasteiger partial charge is 0.334 e. The molecule has 1 atom stereocenters. The Kier molecular flexibility index (Phi) is 6.95. The molecule has 0 amide bonds. The standard InChI is InChI=1S/C25H32F3N5/c1-24(29-2)21-9-5-6-10-22(21)32-23(33-24)31-19-13-11-17(12-14-19)15-30-16-18-7-3-4-8-20(18)25(26,27)28/h3-10,17,19,29-30H,11-16H2,1-2H3,(H2,31,32,33). The fourth-order valence-corrected chi connectivity index (χ4v) is 4.78. The van der Waals surface area contributed by atoms with Gasteiger partial charge in [0, 0.05) is 17.8 Å². The van der Waals surface area contributed by atoms with E-state index in [1.807, 2.05) is 19.2 Å². The lowest BCUT2D eigenvalue weighted by Gasteiger charge is -2.39. The van der Waals surface area contributed by atoms with Gasteiger partial charge >= 0.3 is 6.18 Å². The molecular formula is C25H32F3N5. The lowest BCUT2D eigenvalue weighted by molar-refractivity contribution is -0.138. The summed E-state index contributed by atoms with van der Waals surface area (Å²) >= 11 is 0. The molecule has 1 heterocycles. The van der Waals surface area contributed by atoms with Crippen molar-refractivity contribution in [3.05, 3.63) is 65.2 Å². The number of nitrogens with one attached hydrogen (secondary N) is 4. The molecule has 1 saturated carbocycles. The molecule has 0 aromatic heterocycles. The molecule has 33 heavy (non-hydrogen) atoms. The van der Waals surface area contributed by atoms with Crippen molar-refractivity contribution in [2.75, 3.05) is 18.9 Å². The molecule has 1 aliphatic heterocycles. The highest BCUT2D eigenvalue weighted by atomic mass is 19.4. The van der Waals surface area contributed by atoms with Crippen LogP contribution in [0.1, 0.15) is 49.3 Å². The molecule has 0 radical (unpaired) electrons. The van der Waals surface area contributed by atoms with Gasteiger partial charge in [0.05, 0.1) is 11.6 Å². The third kappa shape index (κ3) is 5.50. The van der Waals surface area contributed by atoms with Crippen molar-refractivity contribution in [1.29, 1.82) is 0 Å². The van der Waals surface area contributed by atoms with Crippen molar-refractivity contribution in [2.24, 2.45) is 10.9 Å². The van der Waals surface area contributed by atoms with Crippen LogP contribution in [0.25, 0.3) is 0 Å². The number of halogens is 3. The first-order valence-corrected chi connectivity index (χ1v) is 11.6. The molecule has 4 N–H and O–H groups in total. The summed E-state index contributed by atoms with van der Waals surface area (Å²) in [6.07, 6.45) is -0.363. The lowest BCUT2D eigenvalue weighted by Crippen LogP contribution is -2.57. The summed E-state index contributed by atoms with van der Waals surface area (Å²) in [5, 5.41) is 13.5. The van der Waals surface area contributed by atoms with Gasteiger partial charge in [-0.05, 0) is 69.8 Å². The molecule has 1 aliphatic carbocycles. The summed E-state index contributed by atoms with van der Waals surface area (Å²) in [5.41, 5.74) is 1.54. The maximum atomic E-state index is 13.2. The van der Waals surface area contributed by atoms with Gasteiger partial charge in [-0.2, -0.15) is 13.2 Å². The van der Waals surface area contributed by atoms with Crippen LogP contribution in [0.4, 0.5) is 18.9 Å². The van der Waals surface area contributed by atoms with E-state index in [0.29, 0.717) is 11.5 Å². The van der Waals surface area contributed by atoms with Crippen LogP contribution in [0.3, 0.4) is 0 Å². The maximum Gasteiger partial charge on any atom is 0.416 e. The van der Waals surface area contributed by atoms with Crippen molar-refractivity contribution >= 4 is 11.6 Å². The minimum absolute atomic E-state index is 0.230. The number of guanidine groups is 1. The predicted octanol–water partition coefficient (Wildman–Crippen LogP) is 4.82. The second-order valence-electron chi connectivity index (χ2n) is 9.11. The van der Waals surface area contributed by atoms with Gasteiger partial charge in [0.2, 0.25) is 0 Å². The van der Waals surface area contributed by atoms with Crippen LogP contribution in [0.2, 0.25) is 0 Å². The number of aliphatic imine (C=N–C) groups is 1. The second kappa shape index (κ2) is 9.73. The Morgan fingerprint density at radius 1 is 1.03 bits per heavy atom. The summed E-state index contributed by atoms with van der Waals surface area (Å²) in [4.78, 5) is 4.95. The minimum Gasteiger partial charge on any atom is -0.334 e. The number of fused-ring (bicyclic) bond motifs is 1. The van der Waals surface area contributed by atoms with Crippen LogP contribution < -0.4 is 21.3 Å². The van der Waals surface area contributed by atoms with E-state index >= 15 is 0 Å². The van der Waals surface area contributed by atoms with E-state index in [-0.39, 0.29) is 12.6 Å². The number of rotatable bonds is 6. The van der Waals surface area contributed by atoms with Crippen molar-refractivity contribution < 1.29 is 13.2 Å². The fraction of sp³-hybridized carbons (Fsp3) is 0.480. The van der Waals surface area contributed by atoms with Crippen LogP contribution in [0.15, 0.2) is 53.5 Å². The Balaban J connectivity index is 1.29. The molecule has 2 aliphatic rings. The molecule has 2 aromatic rings. The zero-order valence-electron chi connectivity index (χ0n) is 19.1. The van der Waals surface area contributed by atoms with E-state index in [9.17, 15) is 13.2 Å². The summed E-state index contributed by atoms with van der Waals surface area (Å²) < 4.78 is 39.5. The highest BCUT2D eigenvalue weighted by molar-refractivity contribution is 5.97. The van der Waals surface area contributed by atoms with Gasteiger partial charge in [-0.25, -0.2) is 4.99 Å². The van der Waals surface area contributed by atoms with E-state index in [4.69, 9.17) is 4.99 Å². The van der Waals surface area contributed by atoms with Gasteiger partial charge in [-0.3, -0.25) is 5.32 Å². The first kappa shape index (κ1) is 23.6. The van der Waals surface area contributed by atoms with Gasteiger partial charge in [-0.15, -0.1) is 0 Å². The molecule has 5 nitrogen and oxygen atoms in total. The highest BCUT2D eigenvalue weighted by Crippen LogP contribution is 2.33. The summed E-state index contributed by atoms with van der Waals surface area (Å²) in [6.45, 7) is 3.05. The van der Waals surface area contributed by atoms with Crippen LogP contribution >= 0.6 is 0 Å². The van der Waals surface area contributed by atoms with Crippen molar-refractivity contribution in [3.8, 4) is 0 Å². The van der Waals surface area contributed by atoms with Gasteiger partial charge < -0.3 is 16.0 Å². The number of benzene rings is 2. The molecule has 0 bridgehead atoms. The first-order chi connectivity index (χ1) is 15.8. The van der Waals surface area contributed by atoms with Crippen LogP contribution in [-0.2, 0) is 18.4 Å². The Labute approximate surface area is 193 Å². The number of hydrogen-bond donors (Lipinski definition) is 4. The van der Waals surface area contributed by atoms with Crippen molar-refractivity contribution in [3.63, 3.8) is 0 Å². The van der Waals surface area contributed by atoms with E-state index in [0.717, 1.165) is 55.5 Å². The largest absolute Gasteiger partial charge is 0.416 e. The molecular weight excluding hydrogens is 427 g/mol. The van der Waals surface area contributed by atoms with Gasteiger partial charge in [-0.1, -0.05) is 36.4 Å². The number of anilines is 1. The van der Waals surface area contributed by atoms with E-state index in [1.165, 1.54) is 6.07 Å². The van der Waals surface area contributed by atoms with Crippen molar-refractivity contribution in [2.45, 2.75) is 57.0 Å². The summed E-state index contributed by atoms with van der Waals surface area (Å²) in [7, 11) is 1.93. The average molecular weight is 460 g/mol. The molecule has 1 unspecified atom stereocenters. The Morgan fingerprint density at radius 2 is 1.73 bits per heavy atom. The average Bonchev–Trinajstić information content (AvgIpc) is 2.80. The number of nitrogens with zero attached hydrogens (tertiary/aromatic N) is 1. The van der Waals surface area contributed by atoms with E-state index in [2.05, 4.69) is 40.3 Å². The second-order valence-corrected chi connectivity index (χ2v) is 9.11. The Hall–Kier alpha value is -2.58. The predicted molar refractivity (Wildman–Crippen MR) is 126 cm³/mol. The van der Waals surface area contributed by atoms with Crippen LogP contribution in [0, 0.1) is 5.92 Å². The van der Waals surface area contributed by atoms with Gasteiger partial charge in [0.25, 0.3) is 0 Å². The van der Waals surface area contributed by atoms with E-state index < -0.39 is 17.4 Å². The zero-order valence-corrected chi connectivity index (χ0v) is 19.1. The minimum atomic E-state index is -4.32. The van der Waals surface area contributed by atoms with Crippen molar-refractivity contribution in [1.82, 2.24) is 16.0 Å². The lowest BCUT2D eigenvalue weighted by atomic mass is 9.86. The molecule has 0 saturated heterocycles. The normalized spacial score (nSPS) is 26.4. The topological polar surface area (TPSA) is 60.5 Å². The molecule has 4 rings (SSSR count). The number of para-hydroxylation sites is 1. The zero-order chi connectivity index (χ0) is 23.5. The highest BCUT2D eigenvalue weighted by Gasteiger charge is 2.34. The fourth-order valence-electron chi connectivity index (χ4n) is 4.78. The van der Waals surface area contributed by atoms with Gasteiger partial charge in [0.1, 0.15) is 5.66 Å². The molecule has 2 aromatic carbocycles. The number of hydrogen-bond acceptors (Lipinski definition) is 3. The van der Waals surface area contributed by atoms with E-state index in [1.54, 1.807) is 12.1 Å². The molecule has 1 fully saturated rings. The monoisotopic (exact) mass is 459 g/mol. The quantitative estimate of drug-likeness (QED) is 0.500. The molecule has 0 spiro atoms. The molecule has 8 heteroatoms. The summed E-state index contributed by atoms with van der Waals surface area (Å²) in [6, 6.07) is 14.2.